The van der Waals surface area contributed by atoms with Crippen LogP contribution in [0.1, 0.15) is 29.2 Å². The van der Waals surface area contributed by atoms with Gasteiger partial charge in [-0.05, 0) is 88.9 Å². The van der Waals surface area contributed by atoms with Gasteiger partial charge in [-0.15, -0.1) is 0 Å². The molecule has 0 aromatic heterocycles. The van der Waals surface area contributed by atoms with Crippen LogP contribution in [0.5, 0.6) is 17.2 Å². The number of allylic oxidation sites excluding steroid dienone is 1. The summed E-state index contributed by atoms with van der Waals surface area (Å²) in [7, 11) is 1.62. The van der Waals surface area contributed by atoms with Crippen LogP contribution in [-0.2, 0) is 6.61 Å². The predicted molar refractivity (Wildman–Crippen MR) is 127 cm³/mol. The average molecular weight is 478 g/mol. The molecule has 3 aromatic rings. The number of rotatable bonds is 8. The molecular formula is C26H24BrNO3. The first kappa shape index (κ1) is 22.5. The van der Waals surface area contributed by atoms with Crippen molar-refractivity contribution in [1.29, 1.82) is 5.26 Å². The molecule has 3 aromatic carbocycles. The standard InChI is InChI=1S/C26H24BrNO3/c1-4-30-25-15-20(13-22(16-28)21-9-11-23(29-3)12-10-21)14-24(27)26(25)31-17-19-7-5-18(2)6-8-19/h5-15H,4,17H2,1-3H3/b22-13+. The van der Waals surface area contributed by atoms with E-state index in [0.717, 1.165) is 26.9 Å². The number of ether oxygens (including phenoxy) is 3. The van der Waals surface area contributed by atoms with E-state index in [0.29, 0.717) is 30.3 Å². The van der Waals surface area contributed by atoms with Crippen LogP contribution in [0.25, 0.3) is 11.6 Å². The molecule has 0 radical (unpaired) electrons. The van der Waals surface area contributed by atoms with E-state index in [4.69, 9.17) is 14.2 Å². The molecule has 0 saturated carbocycles. The Kier molecular flexibility index (Phi) is 7.75. The fourth-order valence-corrected chi connectivity index (χ4v) is 3.61. The second-order valence-electron chi connectivity index (χ2n) is 6.94. The topological polar surface area (TPSA) is 51.5 Å². The lowest BCUT2D eigenvalue weighted by Crippen LogP contribution is -2.01. The van der Waals surface area contributed by atoms with E-state index in [-0.39, 0.29) is 0 Å². The van der Waals surface area contributed by atoms with Crippen molar-refractivity contribution < 1.29 is 14.2 Å². The molecule has 0 atom stereocenters. The summed E-state index contributed by atoms with van der Waals surface area (Å²) in [6, 6.07) is 21.7. The zero-order valence-corrected chi connectivity index (χ0v) is 19.4. The van der Waals surface area contributed by atoms with Gasteiger partial charge in [0.25, 0.3) is 0 Å². The summed E-state index contributed by atoms with van der Waals surface area (Å²) >= 11 is 3.61. The van der Waals surface area contributed by atoms with Crippen LogP contribution in [0.3, 0.4) is 0 Å². The first-order valence-corrected chi connectivity index (χ1v) is 10.7. The number of nitriles is 1. The van der Waals surface area contributed by atoms with Crippen LogP contribution in [0, 0.1) is 18.3 Å². The minimum Gasteiger partial charge on any atom is -0.497 e. The zero-order valence-electron chi connectivity index (χ0n) is 17.8. The van der Waals surface area contributed by atoms with Gasteiger partial charge in [-0.3, -0.25) is 0 Å². The van der Waals surface area contributed by atoms with E-state index < -0.39 is 0 Å². The molecule has 0 aliphatic rings. The lowest BCUT2D eigenvalue weighted by atomic mass is 10.0. The molecule has 0 unspecified atom stereocenters. The number of hydrogen-bond donors (Lipinski definition) is 0. The highest BCUT2D eigenvalue weighted by molar-refractivity contribution is 9.10. The van der Waals surface area contributed by atoms with E-state index in [2.05, 4.69) is 53.2 Å². The van der Waals surface area contributed by atoms with Crippen LogP contribution in [0.2, 0.25) is 0 Å². The Morgan fingerprint density at radius 1 is 1.03 bits per heavy atom. The lowest BCUT2D eigenvalue weighted by Gasteiger charge is -2.15. The normalized spacial score (nSPS) is 11.0. The monoisotopic (exact) mass is 477 g/mol. The number of nitrogens with zero attached hydrogens (tertiary/aromatic N) is 1. The van der Waals surface area contributed by atoms with Gasteiger partial charge in [0, 0.05) is 0 Å². The van der Waals surface area contributed by atoms with Gasteiger partial charge in [-0.2, -0.15) is 5.26 Å². The third kappa shape index (κ3) is 5.90. The largest absolute Gasteiger partial charge is 0.497 e. The minimum atomic E-state index is 0.434. The molecule has 31 heavy (non-hydrogen) atoms. The first-order valence-electron chi connectivity index (χ1n) is 9.95. The number of hydrogen-bond acceptors (Lipinski definition) is 4. The van der Waals surface area contributed by atoms with Gasteiger partial charge in [0.2, 0.25) is 0 Å². The van der Waals surface area contributed by atoms with Crippen LogP contribution in [0.4, 0.5) is 0 Å². The predicted octanol–water partition coefficient (Wildman–Crippen LogP) is 6.81. The first-order chi connectivity index (χ1) is 15.0. The molecule has 4 nitrogen and oxygen atoms in total. The summed E-state index contributed by atoms with van der Waals surface area (Å²) in [6.45, 7) is 4.92. The molecule has 0 heterocycles. The van der Waals surface area contributed by atoms with Crippen LogP contribution < -0.4 is 14.2 Å². The molecule has 0 amide bonds. The summed E-state index contributed by atoms with van der Waals surface area (Å²) in [5.41, 5.74) is 4.49. The molecule has 0 fully saturated rings. The van der Waals surface area contributed by atoms with E-state index in [1.807, 2.05) is 49.4 Å². The smallest absolute Gasteiger partial charge is 0.175 e. The fourth-order valence-electron chi connectivity index (χ4n) is 3.03. The van der Waals surface area contributed by atoms with Crippen molar-refractivity contribution in [3.05, 3.63) is 87.4 Å². The number of aryl methyl sites for hydroxylation is 1. The number of methoxy groups -OCH3 is 1. The molecule has 0 spiro atoms. The van der Waals surface area contributed by atoms with Crippen LogP contribution in [0.15, 0.2) is 65.1 Å². The van der Waals surface area contributed by atoms with Gasteiger partial charge in [-0.25, -0.2) is 0 Å². The molecule has 3 rings (SSSR count). The Bertz CT molecular complexity index is 1100. The minimum absolute atomic E-state index is 0.434. The van der Waals surface area contributed by atoms with E-state index in [9.17, 15) is 5.26 Å². The Balaban J connectivity index is 1.89. The summed E-state index contributed by atoms with van der Waals surface area (Å²) in [4.78, 5) is 0. The van der Waals surface area contributed by atoms with Gasteiger partial charge in [-0.1, -0.05) is 29.8 Å². The van der Waals surface area contributed by atoms with E-state index >= 15 is 0 Å². The van der Waals surface area contributed by atoms with Crippen LogP contribution >= 0.6 is 15.9 Å². The number of halogens is 1. The highest BCUT2D eigenvalue weighted by Crippen LogP contribution is 2.38. The SMILES string of the molecule is CCOc1cc(/C=C(\C#N)c2ccc(OC)cc2)cc(Br)c1OCc1ccc(C)cc1. The van der Waals surface area contributed by atoms with Crippen LogP contribution in [-0.4, -0.2) is 13.7 Å². The Morgan fingerprint density at radius 3 is 2.35 bits per heavy atom. The molecule has 0 bridgehead atoms. The van der Waals surface area contributed by atoms with Crippen molar-refractivity contribution in [2.75, 3.05) is 13.7 Å². The molecular weight excluding hydrogens is 454 g/mol. The second-order valence-corrected chi connectivity index (χ2v) is 7.79. The Morgan fingerprint density at radius 2 is 1.74 bits per heavy atom. The third-order valence-corrected chi connectivity index (χ3v) is 5.26. The van der Waals surface area contributed by atoms with E-state index in [1.54, 1.807) is 7.11 Å². The van der Waals surface area contributed by atoms with Gasteiger partial charge >= 0.3 is 0 Å². The highest BCUT2D eigenvalue weighted by Gasteiger charge is 2.13. The van der Waals surface area contributed by atoms with Crippen molar-refractivity contribution in [2.45, 2.75) is 20.5 Å². The Hall–Kier alpha value is -3.23. The van der Waals surface area contributed by atoms with Gasteiger partial charge < -0.3 is 14.2 Å². The number of benzene rings is 3. The zero-order chi connectivity index (χ0) is 22.2. The van der Waals surface area contributed by atoms with Crippen molar-refractivity contribution >= 4 is 27.6 Å². The second kappa shape index (κ2) is 10.7. The average Bonchev–Trinajstić information content (AvgIpc) is 2.78. The maximum atomic E-state index is 9.68. The third-order valence-electron chi connectivity index (χ3n) is 4.67. The van der Waals surface area contributed by atoms with Crippen molar-refractivity contribution in [3.63, 3.8) is 0 Å². The summed E-state index contributed by atoms with van der Waals surface area (Å²) in [5, 5.41) is 9.68. The van der Waals surface area contributed by atoms with Gasteiger partial charge in [0.1, 0.15) is 12.4 Å². The van der Waals surface area contributed by atoms with Crippen molar-refractivity contribution in [1.82, 2.24) is 0 Å². The quantitative estimate of drug-likeness (QED) is 0.264. The molecule has 0 aliphatic heterocycles. The van der Waals surface area contributed by atoms with Crippen molar-refractivity contribution in [3.8, 4) is 23.3 Å². The summed E-state index contributed by atoms with van der Waals surface area (Å²) in [6.07, 6.45) is 1.83. The maximum absolute atomic E-state index is 9.68. The molecule has 0 N–H and O–H groups in total. The molecule has 0 aliphatic carbocycles. The van der Waals surface area contributed by atoms with E-state index in [1.165, 1.54) is 5.56 Å². The highest BCUT2D eigenvalue weighted by atomic mass is 79.9. The Labute approximate surface area is 191 Å². The van der Waals surface area contributed by atoms with Gasteiger partial charge in [0.05, 0.1) is 29.8 Å². The molecule has 5 heteroatoms. The molecule has 0 saturated heterocycles. The summed E-state index contributed by atoms with van der Waals surface area (Å²) < 4.78 is 17.9. The lowest BCUT2D eigenvalue weighted by molar-refractivity contribution is 0.267. The van der Waals surface area contributed by atoms with Crippen molar-refractivity contribution in [2.24, 2.45) is 0 Å². The maximum Gasteiger partial charge on any atom is 0.175 e. The summed E-state index contributed by atoms with van der Waals surface area (Å²) in [5.74, 6) is 2.02. The van der Waals surface area contributed by atoms with Gasteiger partial charge in [0.15, 0.2) is 11.5 Å². The molecule has 158 valence electrons. The fraction of sp³-hybridized carbons (Fsp3) is 0.192.